The number of hydrogen-bond acceptors (Lipinski definition) is 4. The van der Waals surface area contributed by atoms with Crippen LogP contribution < -0.4 is 15.0 Å². The Balaban J connectivity index is 1.95. The number of H-pyrrole nitrogens is 1. The number of aromatic amines is 1. The fourth-order valence-corrected chi connectivity index (χ4v) is 3.98. The molecule has 0 atom stereocenters. The molecule has 1 aliphatic carbocycles. The summed E-state index contributed by atoms with van der Waals surface area (Å²) in [4.78, 5) is 30.6. The van der Waals surface area contributed by atoms with E-state index in [2.05, 4.69) is 4.98 Å². The molecule has 6 heteroatoms. The van der Waals surface area contributed by atoms with Crippen molar-refractivity contribution in [2.45, 2.75) is 72.1 Å². The lowest BCUT2D eigenvalue weighted by atomic mass is 10.1. The van der Waals surface area contributed by atoms with E-state index in [1.165, 1.54) is 0 Å². The molecule has 0 unspecified atom stereocenters. The molecule has 1 aliphatic rings. The molecule has 1 fully saturated rings. The summed E-state index contributed by atoms with van der Waals surface area (Å²) in [5.41, 5.74) is 2.52. The molecular formula is C24H32N2O4. The maximum absolute atomic E-state index is 13.5. The maximum atomic E-state index is 13.5. The van der Waals surface area contributed by atoms with Gasteiger partial charge in [0, 0.05) is 18.3 Å². The third kappa shape index (κ3) is 4.86. The van der Waals surface area contributed by atoms with Crippen molar-refractivity contribution in [1.29, 1.82) is 0 Å². The number of ether oxygens (including phenoxy) is 2. The first-order valence-electron chi connectivity index (χ1n) is 10.6. The van der Waals surface area contributed by atoms with Crippen LogP contribution in [0, 0.1) is 13.8 Å². The van der Waals surface area contributed by atoms with Crippen molar-refractivity contribution in [2.24, 2.45) is 0 Å². The minimum atomic E-state index is -0.329. The summed E-state index contributed by atoms with van der Waals surface area (Å²) >= 11 is 0. The van der Waals surface area contributed by atoms with Gasteiger partial charge in [0.2, 0.25) is 0 Å². The minimum Gasteiger partial charge on any atom is -0.493 e. The molecule has 0 aliphatic heterocycles. The molecule has 3 rings (SSSR count). The van der Waals surface area contributed by atoms with Gasteiger partial charge in [0.25, 0.3) is 11.5 Å². The number of carbonyl (C=O) groups excluding carboxylic acids is 1. The highest BCUT2D eigenvalue weighted by molar-refractivity contribution is 5.94. The number of nitrogens with one attached hydrogen (secondary N) is 1. The highest BCUT2D eigenvalue weighted by Gasteiger charge is 2.29. The van der Waals surface area contributed by atoms with E-state index in [1.54, 1.807) is 13.2 Å². The molecule has 0 radical (unpaired) electrons. The first-order valence-corrected chi connectivity index (χ1v) is 10.6. The fourth-order valence-electron chi connectivity index (χ4n) is 3.98. The zero-order valence-electron chi connectivity index (χ0n) is 18.6. The van der Waals surface area contributed by atoms with Gasteiger partial charge in [-0.15, -0.1) is 0 Å². The second-order valence-corrected chi connectivity index (χ2v) is 8.34. The molecule has 1 saturated carbocycles. The van der Waals surface area contributed by atoms with Crippen LogP contribution in [0.5, 0.6) is 11.5 Å². The second kappa shape index (κ2) is 9.37. The number of benzene rings is 1. The predicted octanol–water partition coefficient (Wildman–Crippen LogP) is 4.37. The molecule has 6 nitrogen and oxygen atoms in total. The van der Waals surface area contributed by atoms with Crippen LogP contribution in [0.2, 0.25) is 0 Å². The summed E-state index contributed by atoms with van der Waals surface area (Å²) in [7, 11) is 1.61. The molecule has 162 valence electrons. The molecule has 1 heterocycles. The maximum Gasteiger partial charge on any atom is 0.261 e. The van der Waals surface area contributed by atoms with Crippen molar-refractivity contribution in [1.82, 2.24) is 9.88 Å². The molecule has 0 bridgehead atoms. The molecule has 1 amide bonds. The molecule has 0 spiro atoms. The first-order chi connectivity index (χ1) is 14.3. The van der Waals surface area contributed by atoms with Crippen LogP contribution in [0.4, 0.5) is 0 Å². The lowest BCUT2D eigenvalue weighted by Crippen LogP contribution is -2.40. The van der Waals surface area contributed by atoms with Crippen molar-refractivity contribution in [3.8, 4) is 11.5 Å². The van der Waals surface area contributed by atoms with Gasteiger partial charge in [-0.2, -0.15) is 0 Å². The number of nitrogens with zero attached hydrogens (tertiary/aromatic N) is 1. The Morgan fingerprint density at radius 1 is 1.17 bits per heavy atom. The molecular weight excluding hydrogens is 380 g/mol. The first kappa shape index (κ1) is 21.9. The van der Waals surface area contributed by atoms with Crippen molar-refractivity contribution in [3.63, 3.8) is 0 Å². The summed E-state index contributed by atoms with van der Waals surface area (Å²) in [5.74, 6) is 1.11. The number of aromatic nitrogens is 1. The third-order valence-electron chi connectivity index (χ3n) is 5.70. The average Bonchev–Trinajstić information content (AvgIpc) is 3.22. The molecule has 1 aromatic carbocycles. The van der Waals surface area contributed by atoms with Crippen molar-refractivity contribution < 1.29 is 14.3 Å². The second-order valence-electron chi connectivity index (χ2n) is 8.34. The zero-order valence-corrected chi connectivity index (χ0v) is 18.6. The Hall–Kier alpha value is -2.76. The normalized spacial score (nSPS) is 14.2. The smallest absolute Gasteiger partial charge is 0.261 e. The molecule has 30 heavy (non-hydrogen) atoms. The minimum absolute atomic E-state index is 0.0100. The van der Waals surface area contributed by atoms with E-state index >= 15 is 0 Å². The van der Waals surface area contributed by atoms with E-state index < -0.39 is 0 Å². The zero-order chi connectivity index (χ0) is 21.8. The van der Waals surface area contributed by atoms with Gasteiger partial charge in [-0.05, 0) is 69.9 Å². The Kier molecular flexibility index (Phi) is 6.85. The number of carbonyl (C=O) groups is 1. The monoisotopic (exact) mass is 412 g/mol. The average molecular weight is 413 g/mol. The Bertz CT molecular complexity index is 958. The van der Waals surface area contributed by atoms with Crippen LogP contribution in [0.15, 0.2) is 29.1 Å². The van der Waals surface area contributed by atoms with Gasteiger partial charge in [0.15, 0.2) is 11.5 Å². The fraction of sp³-hybridized carbons (Fsp3) is 0.500. The van der Waals surface area contributed by atoms with Crippen molar-refractivity contribution >= 4 is 5.91 Å². The van der Waals surface area contributed by atoms with Gasteiger partial charge < -0.3 is 19.4 Å². The van der Waals surface area contributed by atoms with E-state index in [4.69, 9.17) is 9.47 Å². The predicted molar refractivity (Wildman–Crippen MR) is 117 cm³/mol. The van der Waals surface area contributed by atoms with Gasteiger partial charge in [-0.3, -0.25) is 9.59 Å². The Morgan fingerprint density at radius 3 is 2.50 bits per heavy atom. The molecule has 2 aromatic rings. The summed E-state index contributed by atoms with van der Waals surface area (Å²) in [6.45, 7) is 8.10. The van der Waals surface area contributed by atoms with Crippen molar-refractivity contribution in [2.75, 3.05) is 7.11 Å². The number of pyridine rings is 1. The topological polar surface area (TPSA) is 71.6 Å². The summed E-state index contributed by atoms with van der Waals surface area (Å²) < 4.78 is 11.3. The van der Waals surface area contributed by atoms with Crippen LogP contribution >= 0.6 is 0 Å². The van der Waals surface area contributed by atoms with Crippen LogP contribution in [0.25, 0.3) is 0 Å². The summed E-state index contributed by atoms with van der Waals surface area (Å²) in [6.07, 6.45) is 4.13. The SMILES string of the molecule is COc1ccc(CN(C(=O)c2cc(C)c(C)[nH]c2=O)C2CCCC2)cc1OC(C)C. The largest absolute Gasteiger partial charge is 0.493 e. The van der Waals surface area contributed by atoms with Crippen LogP contribution in [-0.2, 0) is 6.54 Å². The lowest BCUT2D eigenvalue weighted by Gasteiger charge is -2.29. The Morgan fingerprint density at radius 2 is 1.87 bits per heavy atom. The van der Waals surface area contributed by atoms with Crippen molar-refractivity contribution in [3.05, 3.63) is 57.0 Å². The standard InChI is InChI=1S/C24H32N2O4/c1-15(2)30-22-13-18(10-11-21(22)29-5)14-26(19-8-6-7-9-19)24(28)20-12-16(3)17(4)25-23(20)27/h10-13,15,19H,6-9,14H2,1-5H3,(H,25,27). The van der Waals surface area contributed by atoms with Gasteiger partial charge >= 0.3 is 0 Å². The van der Waals surface area contributed by atoms with Gasteiger partial charge in [-0.25, -0.2) is 0 Å². The van der Waals surface area contributed by atoms with E-state index in [1.807, 2.05) is 50.8 Å². The number of amides is 1. The Labute approximate surface area is 178 Å². The number of aryl methyl sites for hydroxylation is 2. The molecule has 1 N–H and O–H groups in total. The van der Waals surface area contributed by atoms with Gasteiger partial charge in [0.05, 0.1) is 13.2 Å². The number of rotatable bonds is 7. The van der Waals surface area contributed by atoms with Gasteiger partial charge in [0.1, 0.15) is 5.56 Å². The van der Waals surface area contributed by atoms with Crippen LogP contribution in [0.3, 0.4) is 0 Å². The van der Waals surface area contributed by atoms with E-state index in [0.717, 1.165) is 42.5 Å². The van der Waals surface area contributed by atoms with Gasteiger partial charge in [-0.1, -0.05) is 18.9 Å². The molecule has 1 aromatic heterocycles. The molecule has 0 saturated heterocycles. The summed E-state index contributed by atoms with van der Waals surface area (Å²) in [5, 5.41) is 0. The lowest BCUT2D eigenvalue weighted by molar-refractivity contribution is 0.0662. The highest BCUT2D eigenvalue weighted by atomic mass is 16.5. The van der Waals surface area contributed by atoms with E-state index in [-0.39, 0.29) is 29.2 Å². The van der Waals surface area contributed by atoms with E-state index in [9.17, 15) is 9.59 Å². The quantitative estimate of drug-likeness (QED) is 0.733. The van der Waals surface area contributed by atoms with Crippen LogP contribution in [-0.4, -0.2) is 35.0 Å². The number of methoxy groups -OCH3 is 1. The highest BCUT2D eigenvalue weighted by Crippen LogP contribution is 2.31. The number of hydrogen-bond donors (Lipinski definition) is 1. The summed E-state index contributed by atoms with van der Waals surface area (Å²) in [6, 6.07) is 7.59. The third-order valence-corrected chi connectivity index (χ3v) is 5.70. The van der Waals surface area contributed by atoms with Crippen LogP contribution in [0.1, 0.15) is 66.7 Å². The van der Waals surface area contributed by atoms with E-state index in [0.29, 0.717) is 18.0 Å².